The zero-order valence-electron chi connectivity index (χ0n) is 13.1. The molecule has 1 heterocycles. The van der Waals surface area contributed by atoms with E-state index in [-0.39, 0.29) is 28.5 Å². The number of carbonyl (C=O) groups is 1. The number of hydrogen-bond donors (Lipinski definition) is 1. The molecule has 0 aromatic heterocycles. The van der Waals surface area contributed by atoms with Crippen molar-refractivity contribution in [3.63, 3.8) is 0 Å². The van der Waals surface area contributed by atoms with Gasteiger partial charge in [-0.05, 0) is 49.3 Å². The second kappa shape index (κ2) is 7.42. The van der Waals surface area contributed by atoms with Gasteiger partial charge in [-0.3, -0.25) is 4.79 Å². The third-order valence-corrected chi connectivity index (χ3v) is 4.41. The summed E-state index contributed by atoms with van der Waals surface area (Å²) in [5.41, 5.74) is 0.283. The highest BCUT2D eigenvalue weighted by atomic mass is 35.5. The monoisotopic (exact) mass is 327 g/mol. The first kappa shape index (κ1) is 17.2. The Hall–Kier alpha value is -1.13. The first-order valence-electron chi connectivity index (χ1n) is 7.80. The lowest BCUT2D eigenvalue weighted by atomic mass is 9.87. The predicted octanol–water partition coefficient (Wildman–Crippen LogP) is 3.74. The molecule has 1 N–H and O–H groups in total. The highest BCUT2D eigenvalue weighted by Gasteiger charge is 2.28. The Bertz CT molecular complexity index is 507. The number of amides is 1. The molecular weight excluding hydrogens is 305 g/mol. The Kier molecular flexibility index (Phi) is 5.81. The molecule has 5 heteroatoms. The largest absolute Gasteiger partial charge is 0.393 e. The summed E-state index contributed by atoms with van der Waals surface area (Å²) in [6.45, 7) is 5.37. The van der Waals surface area contributed by atoms with Crippen molar-refractivity contribution in [1.29, 1.82) is 0 Å². The van der Waals surface area contributed by atoms with Crippen molar-refractivity contribution in [2.75, 3.05) is 13.1 Å². The van der Waals surface area contributed by atoms with Crippen LogP contribution in [0.1, 0.15) is 43.5 Å². The van der Waals surface area contributed by atoms with Gasteiger partial charge in [-0.25, -0.2) is 4.39 Å². The fourth-order valence-electron chi connectivity index (χ4n) is 3.02. The molecule has 0 aliphatic carbocycles. The van der Waals surface area contributed by atoms with Crippen LogP contribution in [0.3, 0.4) is 0 Å². The molecule has 1 saturated heterocycles. The number of benzene rings is 1. The summed E-state index contributed by atoms with van der Waals surface area (Å²) in [5, 5.41) is 10.4. The molecule has 0 radical (unpaired) electrons. The Balaban J connectivity index is 1.95. The Morgan fingerprint density at radius 3 is 2.55 bits per heavy atom. The maximum Gasteiger partial charge on any atom is 0.254 e. The number of likely N-dealkylation sites (tertiary alicyclic amines) is 1. The fourth-order valence-corrected chi connectivity index (χ4v) is 3.24. The molecule has 1 atom stereocenters. The van der Waals surface area contributed by atoms with E-state index in [1.807, 2.05) is 0 Å². The van der Waals surface area contributed by atoms with Crippen LogP contribution in [-0.4, -0.2) is 35.1 Å². The van der Waals surface area contributed by atoms with Gasteiger partial charge in [0.2, 0.25) is 0 Å². The van der Waals surface area contributed by atoms with E-state index in [1.54, 1.807) is 4.90 Å². The summed E-state index contributed by atoms with van der Waals surface area (Å²) < 4.78 is 13.4. The molecular formula is C17H23ClFNO2. The van der Waals surface area contributed by atoms with Crippen LogP contribution in [0.5, 0.6) is 0 Å². The van der Waals surface area contributed by atoms with Crippen LogP contribution in [0.4, 0.5) is 4.39 Å². The first-order valence-corrected chi connectivity index (χ1v) is 8.18. The van der Waals surface area contributed by atoms with Gasteiger partial charge in [0.05, 0.1) is 6.10 Å². The molecule has 1 aromatic rings. The van der Waals surface area contributed by atoms with Crippen molar-refractivity contribution in [3.8, 4) is 0 Å². The van der Waals surface area contributed by atoms with Crippen LogP contribution in [0.2, 0.25) is 5.02 Å². The molecule has 1 aromatic carbocycles. The van der Waals surface area contributed by atoms with Crippen molar-refractivity contribution in [2.24, 2.45) is 11.8 Å². The number of aliphatic hydroxyl groups excluding tert-OH is 1. The van der Waals surface area contributed by atoms with E-state index in [2.05, 4.69) is 13.8 Å². The van der Waals surface area contributed by atoms with E-state index in [9.17, 15) is 14.3 Å². The van der Waals surface area contributed by atoms with Crippen LogP contribution in [-0.2, 0) is 0 Å². The molecule has 22 heavy (non-hydrogen) atoms. The predicted molar refractivity (Wildman–Crippen MR) is 85.5 cm³/mol. The molecule has 1 aliphatic rings. The topological polar surface area (TPSA) is 40.5 Å². The number of aliphatic hydroxyl groups is 1. The minimum atomic E-state index is -0.502. The third-order valence-electron chi connectivity index (χ3n) is 4.19. The summed E-state index contributed by atoms with van der Waals surface area (Å²) in [7, 11) is 0. The minimum Gasteiger partial charge on any atom is -0.393 e. The molecule has 1 aliphatic heterocycles. The van der Waals surface area contributed by atoms with E-state index in [4.69, 9.17) is 11.6 Å². The van der Waals surface area contributed by atoms with Crippen LogP contribution in [0, 0.1) is 17.7 Å². The van der Waals surface area contributed by atoms with Crippen LogP contribution in [0.25, 0.3) is 0 Å². The van der Waals surface area contributed by atoms with E-state index < -0.39 is 5.82 Å². The Morgan fingerprint density at radius 2 is 2.00 bits per heavy atom. The van der Waals surface area contributed by atoms with Gasteiger partial charge in [-0.2, -0.15) is 0 Å². The number of halogens is 2. The van der Waals surface area contributed by atoms with Gasteiger partial charge in [0.1, 0.15) is 5.82 Å². The zero-order chi connectivity index (χ0) is 16.3. The maximum absolute atomic E-state index is 13.4. The second-order valence-corrected chi connectivity index (χ2v) is 6.92. The normalized spacial score (nSPS) is 17.8. The number of carbonyl (C=O) groups excluding carboxylic acids is 1. The number of piperidine rings is 1. The molecule has 1 fully saturated rings. The molecule has 1 amide bonds. The fraction of sp³-hybridized carbons (Fsp3) is 0.588. The first-order chi connectivity index (χ1) is 10.4. The van der Waals surface area contributed by atoms with Crippen LogP contribution >= 0.6 is 11.6 Å². The zero-order valence-corrected chi connectivity index (χ0v) is 13.8. The number of rotatable bonds is 4. The molecule has 0 bridgehead atoms. The lowest BCUT2D eigenvalue weighted by molar-refractivity contribution is 0.0385. The van der Waals surface area contributed by atoms with Crippen LogP contribution < -0.4 is 0 Å². The smallest absolute Gasteiger partial charge is 0.254 e. The van der Waals surface area contributed by atoms with Gasteiger partial charge in [-0.1, -0.05) is 25.4 Å². The van der Waals surface area contributed by atoms with Crippen molar-refractivity contribution < 1.29 is 14.3 Å². The van der Waals surface area contributed by atoms with Crippen molar-refractivity contribution in [2.45, 2.75) is 39.2 Å². The molecule has 2 rings (SSSR count). The second-order valence-electron chi connectivity index (χ2n) is 6.48. The lowest BCUT2D eigenvalue weighted by Crippen LogP contribution is -2.41. The van der Waals surface area contributed by atoms with E-state index in [0.29, 0.717) is 19.0 Å². The SMILES string of the molecule is CC(C)C[C@@H](O)C1CCN(C(=O)c2cc(F)cc(Cl)c2)CC1. The molecule has 122 valence electrons. The number of nitrogens with zero attached hydrogens (tertiary/aromatic N) is 1. The quantitative estimate of drug-likeness (QED) is 0.915. The highest BCUT2D eigenvalue weighted by Crippen LogP contribution is 2.26. The average molecular weight is 328 g/mol. The maximum atomic E-state index is 13.4. The summed E-state index contributed by atoms with van der Waals surface area (Å²) in [5.74, 6) is 0.00272. The Labute approximate surface area is 136 Å². The van der Waals surface area contributed by atoms with Gasteiger partial charge in [0, 0.05) is 23.7 Å². The van der Waals surface area contributed by atoms with Gasteiger partial charge in [0.15, 0.2) is 0 Å². The highest BCUT2D eigenvalue weighted by molar-refractivity contribution is 6.31. The standard InChI is InChI=1S/C17H23ClFNO2/c1-11(2)7-16(21)12-3-5-20(6-4-12)17(22)13-8-14(18)10-15(19)9-13/h8-12,16,21H,3-7H2,1-2H3/t16-/m1/s1. The summed E-state index contributed by atoms with van der Waals surface area (Å²) in [4.78, 5) is 14.1. The molecule has 0 saturated carbocycles. The molecule has 0 spiro atoms. The summed E-state index contributed by atoms with van der Waals surface area (Å²) >= 11 is 5.80. The van der Waals surface area contributed by atoms with Gasteiger partial charge in [0.25, 0.3) is 5.91 Å². The van der Waals surface area contributed by atoms with Crippen molar-refractivity contribution in [1.82, 2.24) is 4.90 Å². The van der Waals surface area contributed by atoms with E-state index in [1.165, 1.54) is 18.2 Å². The van der Waals surface area contributed by atoms with E-state index in [0.717, 1.165) is 19.3 Å². The average Bonchev–Trinajstić information content (AvgIpc) is 2.45. The van der Waals surface area contributed by atoms with E-state index >= 15 is 0 Å². The third kappa shape index (κ3) is 4.43. The van der Waals surface area contributed by atoms with Crippen molar-refractivity contribution >= 4 is 17.5 Å². The summed E-state index contributed by atoms with van der Waals surface area (Å²) in [6.07, 6.45) is 2.05. The molecule has 3 nitrogen and oxygen atoms in total. The van der Waals surface area contributed by atoms with Gasteiger partial charge in [-0.15, -0.1) is 0 Å². The van der Waals surface area contributed by atoms with Crippen LogP contribution in [0.15, 0.2) is 18.2 Å². The van der Waals surface area contributed by atoms with Gasteiger partial charge < -0.3 is 10.0 Å². The minimum absolute atomic E-state index is 0.196. The lowest BCUT2D eigenvalue weighted by Gasteiger charge is -2.34. The van der Waals surface area contributed by atoms with Gasteiger partial charge >= 0.3 is 0 Å². The Morgan fingerprint density at radius 1 is 1.36 bits per heavy atom. The summed E-state index contributed by atoms with van der Waals surface area (Å²) in [6, 6.07) is 3.90. The molecule has 0 unspecified atom stereocenters. The number of hydrogen-bond acceptors (Lipinski definition) is 2. The van der Waals surface area contributed by atoms with Crippen molar-refractivity contribution in [3.05, 3.63) is 34.6 Å².